The third-order valence-electron chi connectivity index (χ3n) is 2.73. The minimum atomic E-state index is -0.360. The molecule has 1 rings (SSSR count). The van der Waals surface area contributed by atoms with Crippen molar-refractivity contribution in [3.8, 4) is 0 Å². The summed E-state index contributed by atoms with van der Waals surface area (Å²) in [5.74, 6) is -0.403. The maximum absolute atomic E-state index is 13.4. The number of nitrogens with zero attached hydrogens (tertiary/aromatic N) is 1. The highest BCUT2D eigenvalue weighted by atomic mass is 19.1. The summed E-state index contributed by atoms with van der Waals surface area (Å²) in [5.41, 5.74) is 4.09. The number of benzene rings is 1. The normalized spacial score (nSPS) is 10.3. The minimum Gasteiger partial charge on any atom is -0.358 e. The molecule has 0 spiro atoms. The van der Waals surface area contributed by atoms with Crippen LogP contribution >= 0.6 is 0 Å². The van der Waals surface area contributed by atoms with Crippen molar-refractivity contribution >= 4 is 11.6 Å². The Bertz CT molecular complexity index is 368. The summed E-state index contributed by atoms with van der Waals surface area (Å²) in [7, 11) is 1.61. The van der Waals surface area contributed by atoms with Crippen molar-refractivity contribution in [3.05, 3.63) is 30.1 Å². The number of amides is 1. The molecule has 0 heterocycles. The first-order valence-electron chi connectivity index (χ1n) is 5.97. The molecule has 0 saturated carbocycles. The SMILES string of the molecule is CN(C(=O)CCCCC[NH3+])c1ccccc1F. The van der Waals surface area contributed by atoms with Crippen molar-refractivity contribution in [2.45, 2.75) is 25.7 Å². The highest BCUT2D eigenvalue weighted by molar-refractivity contribution is 5.92. The van der Waals surface area contributed by atoms with Crippen LogP contribution in [0.4, 0.5) is 10.1 Å². The number of hydrogen-bond acceptors (Lipinski definition) is 1. The fourth-order valence-corrected chi connectivity index (χ4v) is 1.66. The van der Waals surface area contributed by atoms with E-state index in [1.54, 1.807) is 25.2 Å². The van der Waals surface area contributed by atoms with E-state index in [1.165, 1.54) is 11.0 Å². The lowest BCUT2D eigenvalue weighted by molar-refractivity contribution is -0.368. The maximum Gasteiger partial charge on any atom is 0.226 e. The molecule has 0 aromatic heterocycles. The van der Waals surface area contributed by atoms with Gasteiger partial charge in [0.25, 0.3) is 0 Å². The van der Waals surface area contributed by atoms with Gasteiger partial charge < -0.3 is 10.6 Å². The van der Waals surface area contributed by atoms with Gasteiger partial charge in [0.05, 0.1) is 12.2 Å². The van der Waals surface area contributed by atoms with Crippen molar-refractivity contribution in [3.63, 3.8) is 0 Å². The average Bonchev–Trinajstić information content (AvgIpc) is 2.34. The number of hydrogen-bond donors (Lipinski definition) is 1. The Labute approximate surface area is 101 Å². The van der Waals surface area contributed by atoms with Gasteiger partial charge >= 0.3 is 0 Å². The van der Waals surface area contributed by atoms with Gasteiger partial charge in [-0.2, -0.15) is 0 Å². The molecule has 0 radical (unpaired) electrons. The zero-order valence-corrected chi connectivity index (χ0v) is 10.3. The maximum atomic E-state index is 13.4. The van der Waals surface area contributed by atoms with Gasteiger partial charge in [-0.05, 0) is 31.4 Å². The molecule has 0 aliphatic carbocycles. The molecule has 1 aromatic carbocycles. The van der Waals surface area contributed by atoms with Gasteiger partial charge in [-0.3, -0.25) is 4.79 Å². The number of carbonyl (C=O) groups is 1. The molecule has 17 heavy (non-hydrogen) atoms. The molecule has 0 aliphatic rings. The van der Waals surface area contributed by atoms with Crippen molar-refractivity contribution < 1.29 is 14.9 Å². The standard InChI is InChI=1S/C13H19FN2O/c1-16(12-8-5-4-7-11(12)14)13(17)9-3-2-6-10-15/h4-5,7-8H,2-3,6,9-10,15H2,1H3/p+1. The van der Waals surface area contributed by atoms with Crippen LogP contribution in [-0.4, -0.2) is 19.5 Å². The molecular formula is C13H20FN2O+. The van der Waals surface area contributed by atoms with Crippen molar-refractivity contribution in [2.24, 2.45) is 0 Å². The smallest absolute Gasteiger partial charge is 0.226 e. The lowest BCUT2D eigenvalue weighted by Gasteiger charge is -2.17. The Hall–Kier alpha value is -1.42. The Balaban J connectivity index is 2.49. The highest BCUT2D eigenvalue weighted by Gasteiger charge is 2.13. The molecule has 0 unspecified atom stereocenters. The summed E-state index contributed by atoms with van der Waals surface area (Å²) in [6.07, 6.45) is 3.34. The molecule has 0 aliphatic heterocycles. The van der Waals surface area contributed by atoms with Crippen LogP contribution in [0.1, 0.15) is 25.7 Å². The fourth-order valence-electron chi connectivity index (χ4n) is 1.66. The van der Waals surface area contributed by atoms with E-state index in [4.69, 9.17) is 0 Å². The summed E-state index contributed by atoms with van der Waals surface area (Å²) in [6.45, 7) is 0.900. The number of anilines is 1. The van der Waals surface area contributed by atoms with Crippen molar-refractivity contribution in [1.82, 2.24) is 0 Å². The Morgan fingerprint density at radius 2 is 2.00 bits per heavy atom. The molecule has 4 heteroatoms. The predicted octanol–water partition coefficient (Wildman–Crippen LogP) is 1.59. The lowest BCUT2D eigenvalue weighted by Crippen LogP contribution is -2.50. The molecule has 94 valence electrons. The molecule has 0 fully saturated rings. The monoisotopic (exact) mass is 239 g/mol. The van der Waals surface area contributed by atoms with Crippen LogP contribution < -0.4 is 10.6 Å². The molecule has 0 bridgehead atoms. The Kier molecular flexibility index (Phi) is 5.63. The summed E-state index contributed by atoms with van der Waals surface area (Å²) >= 11 is 0. The van der Waals surface area contributed by atoms with E-state index in [9.17, 15) is 9.18 Å². The van der Waals surface area contributed by atoms with Crippen molar-refractivity contribution in [2.75, 3.05) is 18.5 Å². The molecule has 1 aromatic rings. The lowest BCUT2D eigenvalue weighted by atomic mass is 10.1. The Morgan fingerprint density at radius 1 is 1.29 bits per heavy atom. The number of halogens is 1. The average molecular weight is 239 g/mol. The van der Waals surface area contributed by atoms with E-state index in [1.807, 2.05) is 0 Å². The first kappa shape index (κ1) is 13.6. The zero-order valence-electron chi connectivity index (χ0n) is 10.3. The number of quaternary nitrogens is 1. The molecule has 1 amide bonds. The van der Waals surface area contributed by atoms with E-state index in [2.05, 4.69) is 5.73 Å². The summed E-state index contributed by atoms with van der Waals surface area (Å²) < 4.78 is 13.4. The minimum absolute atomic E-state index is 0.0424. The second kappa shape index (κ2) is 7.01. The van der Waals surface area contributed by atoms with Crippen molar-refractivity contribution in [1.29, 1.82) is 0 Å². The van der Waals surface area contributed by atoms with Crippen LogP contribution in [0.2, 0.25) is 0 Å². The van der Waals surface area contributed by atoms with E-state index in [0.29, 0.717) is 12.1 Å². The molecule has 3 N–H and O–H groups in total. The number of unbranched alkanes of at least 4 members (excludes halogenated alkanes) is 2. The van der Waals surface area contributed by atoms with E-state index in [-0.39, 0.29) is 11.7 Å². The number of para-hydroxylation sites is 1. The van der Waals surface area contributed by atoms with Crippen LogP contribution in [-0.2, 0) is 4.79 Å². The summed E-state index contributed by atoms with van der Waals surface area (Å²) in [5, 5.41) is 0. The van der Waals surface area contributed by atoms with E-state index >= 15 is 0 Å². The van der Waals surface area contributed by atoms with Gasteiger partial charge in [-0.1, -0.05) is 12.1 Å². The zero-order chi connectivity index (χ0) is 12.7. The van der Waals surface area contributed by atoms with Crippen LogP contribution in [0.15, 0.2) is 24.3 Å². The first-order chi connectivity index (χ1) is 8.16. The predicted molar refractivity (Wildman–Crippen MR) is 66.0 cm³/mol. The fraction of sp³-hybridized carbons (Fsp3) is 0.462. The van der Waals surface area contributed by atoms with Gasteiger partial charge in [-0.25, -0.2) is 4.39 Å². The molecule has 0 atom stereocenters. The molecule has 0 saturated heterocycles. The summed E-state index contributed by atoms with van der Waals surface area (Å²) in [4.78, 5) is 13.2. The largest absolute Gasteiger partial charge is 0.358 e. The van der Waals surface area contributed by atoms with Gasteiger partial charge in [0.1, 0.15) is 5.82 Å². The third-order valence-corrected chi connectivity index (χ3v) is 2.73. The topological polar surface area (TPSA) is 48.0 Å². The van der Waals surface area contributed by atoms with Gasteiger partial charge in [0.15, 0.2) is 0 Å². The number of carbonyl (C=O) groups excluding carboxylic acids is 1. The molecular weight excluding hydrogens is 219 g/mol. The number of rotatable bonds is 6. The van der Waals surface area contributed by atoms with Gasteiger partial charge in [0.2, 0.25) is 5.91 Å². The van der Waals surface area contributed by atoms with Gasteiger partial charge in [-0.15, -0.1) is 0 Å². The highest BCUT2D eigenvalue weighted by Crippen LogP contribution is 2.18. The van der Waals surface area contributed by atoms with Crippen LogP contribution in [0, 0.1) is 5.82 Å². The van der Waals surface area contributed by atoms with Gasteiger partial charge in [0, 0.05) is 13.5 Å². The summed E-state index contributed by atoms with van der Waals surface area (Å²) in [6, 6.07) is 6.32. The van der Waals surface area contributed by atoms with E-state index in [0.717, 1.165) is 25.8 Å². The second-order valence-corrected chi connectivity index (χ2v) is 4.07. The van der Waals surface area contributed by atoms with E-state index < -0.39 is 0 Å². The van der Waals surface area contributed by atoms with Crippen LogP contribution in [0.5, 0.6) is 0 Å². The quantitative estimate of drug-likeness (QED) is 0.753. The van der Waals surface area contributed by atoms with Crippen LogP contribution in [0.3, 0.4) is 0 Å². The van der Waals surface area contributed by atoms with Crippen LogP contribution in [0.25, 0.3) is 0 Å². The molecule has 3 nitrogen and oxygen atoms in total. The second-order valence-electron chi connectivity index (χ2n) is 4.07. The third kappa shape index (κ3) is 4.15. The Morgan fingerprint density at radius 3 is 2.65 bits per heavy atom. The first-order valence-corrected chi connectivity index (χ1v) is 5.97.